The van der Waals surface area contributed by atoms with Crippen LogP contribution in [0.5, 0.6) is 5.75 Å². The molecule has 1 aliphatic rings. The lowest BCUT2D eigenvalue weighted by Gasteiger charge is -2.27. The molecule has 0 fully saturated rings. The van der Waals surface area contributed by atoms with Crippen LogP contribution in [0.2, 0.25) is 0 Å². The molecular formula is C20H18BrN3O4. The molecule has 2 heterocycles. The molecule has 0 saturated heterocycles. The zero-order valence-corrected chi connectivity index (χ0v) is 16.7. The van der Waals surface area contributed by atoms with Gasteiger partial charge in [0.25, 0.3) is 0 Å². The van der Waals surface area contributed by atoms with E-state index in [1.165, 1.54) is 4.57 Å². The highest BCUT2D eigenvalue weighted by atomic mass is 79.9. The van der Waals surface area contributed by atoms with Gasteiger partial charge >= 0.3 is 11.1 Å². The topological polar surface area (TPSA) is 93.2 Å². The predicted octanol–water partition coefficient (Wildman–Crippen LogP) is 2.98. The number of benzene rings is 2. The van der Waals surface area contributed by atoms with Crippen molar-refractivity contribution in [3.63, 3.8) is 0 Å². The summed E-state index contributed by atoms with van der Waals surface area (Å²) in [6, 6.07) is 10.4. The van der Waals surface area contributed by atoms with Crippen molar-refractivity contribution in [2.75, 3.05) is 12.4 Å². The Morgan fingerprint density at radius 1 is 1.29 bits per heavy atom. The molecule has 1 aromatic heterocycles. The number of anilines is 1. The van der Waals surface area contributed by atoms with Crippen molar-refractivity contribution >= 4 is 38.6 Å². The minimum Gasteiger partial charge on any atom is -0.497 e. The van der Waals surface area contributed by atoms with Crippen LogP contribution in [0.4, 0.5) is 5.69 Å². The molecule has 3 aromatic rings. The molecule has 0 saturated carbocycles. The smallest absolute Gasteiger partial charge is 0.317 e. The summed E-state index contributed by atoms with van der Waals surface area (Å²) < 4.78 is 7.43. The minimum atomic E-state index is -0.681. The number of carbonyl (C=O) groups is 1. The fraction of sp³-hybridized carbons (Fsp3) is 0.250. The molecule has 144 valence electrons. The first-order valence-electron chi connectivity index (χ1n) is 8.87. The van der Waals surface area contributed by atoms with E-state index in [0.717, 1.165) is 16.5 Å². The molecular weight excluding hydrogens is 426 g/mol. The van der Waals surface area contributed by atoms with Gasteiger partial charge in [-0.3, -0.25) is 19.0 Å². The van der Waals surface area contributed by atoms with Crippen molar-refractivity contribution in [3.8, 4) is 5.75 Å². The lowest BCUT2D eigenvalue weighted by Crippen LogP contribution is -2.41. The highest BCUT2D eigenvalue weighted by Gasteiger charge is 2.26. The van der Waals surface area contributed by atoms with E-state index in [1.54, 1.807) is 37.4 Å². The summed E-state index contributed by atoms with van der Waals surface area (Å²) in [4.78, 5) is 39.9. The van der Waals surface area contributed by atoms with Crippen molar-refractivity contribution < 1.29 is 9.53 Å². The van der Waals surface area contributed by atoms with E-state index >= 15 is 0 Å². The maximum Gasteiger partial charge on any atom is 0.317 e. The Morgan fingerprint density at radius 3 is 2.75 bits per heavy atom. The van der Waals surface area contributed by atoms with Gasteiger partial charge in [0.05, 0.1) is 18.1 Å². The molecule has 0 radical (unpaired) electrons. The Morgan fingerprint density at radius 2 is 2.04 bits per heavy atom. The van der Waals surface area contributed by atoms with Crippen LogP contribution in [-0.4, -0.2) is 22.6 Å². The second-order valence-electron chi connectivity index (χ2n) is 6.76. The molecule has 8 heteroatoms. The molecule has 2 aromatic carbocycles. The lowest BCUT2D eigenvalue weighted by molar-refractivity contribution is -0.117. The van der Waals surface area contributed by atoms with Crippen molar-refractivity contribution in [2.24, 2.45) is 0 Å². The molecule has 2 N–H and O–H groups in total. The molecule has 28 heavy (non-hydrogen) atoms. The number of aromatic nitrogens is 2. The Labute approximate surface area is 168 Å². The van der Waals surface area contributed by atoms with Crippen molar-refractivity contribution in [1.82, 2.24) is 9.55 Å². The van der Waals surface area contributed by atoms with Crippen LogP contribution >= 0.6 is 15.9 Å². The van der Waals surface area contributed by atoms with Crippen LogP contribution in [0.1, 0.15) is 24.4 Å². The third-order valence-electron chi connectivity index (χ3n) is 4.96. The number of aryl methyl sites for hydroxylation is 1. The summed E-state index contributed by atoms with van der Waals surface area (Å²) in [5.41, 5.74) is 1.60. The molecule has 0 bridgehead atoms. The van der Waals surface area contributed by atoms with E-state index < -0.39 is 11.1 Å². The number of methoxy groups -OCH3 is 1. The first-order valence-corrected chi connectivity index (χ1v) is 9.66. The standard InChI is InChI=1S/C20H18BrN3O4/c1-28-15-6-3-13(4-7-15)22-17(25)10-14-5-2-11-8-12(21)9-16-18(11)24(14)20(27)19(26)23-16/h3-4,6-9,14H,2,5,10H2,1H3,(H,22,25)(H,23,26). The number of ether oxygens (including phenoxy) is 1. The summed E-state index contributed by atoms with van der Waals surface area (Å²) >= 11 is 3.44. The van der Waals surface area contributed by atoms with E-state index in [0.29, 0.717) is 28.9 Å². The van der Waals surface area contributed by atoms with Crippen molar-refractivity contribution in [1.29, 1.82) is 0 Å². The van der Waals surface area contributed by atoms with E-state index in [4.69, 9.17) is 4.74 Å². The fourth-order valence-corrected chi connectivity index (χ4v) is 4.21. The summed E-state index contributed by atoms with van der Waals surface area (Å²) in [5, 5.41) is 2.84. The Kier molecular flexibility index (Phi) is 4.80. The van der Waals surface area contributed by atoms with Crippen LogP contribution in [-0.2, 0) is 11.2 Å². The highest BCUT2D eigenvalue weighted by Crippen LogP contribution is 2.32. The molecule has 1 aliphatic heterocycles. The number of nitrogens with one attached hydrogen (secondary N) is 2. The van der Waals surface area contributed by atoms with E-state index in [9.17, 15) is 14.4 Å². The molecule has 0 aliphatic carbocycles. The maximum atomic E-state index is 12.6. The fourth-order valence-electron chi connectivity index (χ4n) is 3.71. The average Bonchev–Trinajstić information content (AvgIpc) is 2.67. The Bertz CT molecular complexity index is 1180. The van der Waals surface area contributed by atoms with E-state index in [1.807, 2.05) is 6.07 Å². The second kappa shape index (κ2) is 7.27. The average molecular weight is 444 g/mol. The number of halogens is 1. The Balaban J connectivity index is 1.65. The predicted molar refractivity (Wildman–Crippen MR) is 110 cm³/mol. The zero-order valence-electron chi connectivity index (χ0n) is 15.1. The molecule has 0 spiro atoms. The van der Waals surface area contributed by atoms with Gasteiger partial charge in [-0.05, 0) is 54.8 Å². The SMILES string of the molecule is COc1ccc(NC(=O)CC2CCc3cc(Br)cc4[nH]c(=O)c(=O)n2c34)cc1. The molecule has 4 rings (SSSR count). The van der Waals surface area contributed by atoms with Gasteiger partial charge in [-0.1, -0.05) is 15.9 Å². The van der Waals surface area contributed by atoms with Gasteiger partial charge in [-0.25, -0.2) is 0 Å². The van der Waals surface area contributed by atoms with Gasteiger partial charge in [0.1, 0.15) is 5.75 Å². The van der Waals surface area contributed by atoms with Crippen LogP contribution in [0.15, 0.2) is 50.5 Å². The third-order valence-corrected chi connectivity index (χ3v) is 5.42. The lowest BCUT2D eigenvalue weighted by atomic mass is 9.96. The number of hydrogen-bond donors (Lipinski definition) is 2. The van der Waals surface area contributed by atoms with Gasteiger partial charge in [-0.15, -0.1) is 0 Å². The molecule has 1 atom stereocenters. The molecule has 1 unspecified atom stereocenters. The monoisotopic (exact) mass is 443 g/mol. The summed E-state index contributed by atoms with van der Waals surface area (Å²) in [7, 11) is 1.58. The summed E-state index contributed by atoms with van der Waals surface area (Å²) in [6.07, 6.45) is 1.44. The zero-order chi connectivity index (χ0) is 19.8. The largest absolute Gasteiger partial charge is 0.497 e. The normalized spacial score (nSPS) is 15.4. The number of carbonyl (C=O) groups excluding carboxylic acids is 1. The van der Waals surface area contributed by atoms with Gasteiger partial charge in [-0.2, -0.15) is 0 Å². The van der Waals surface area contributed by atoms with Crippen LogP contribution in [0.3, 0.4) is 0 Å². The van der Waals surface area contributed by atoms with Crippen LogP contribution in [0, 0.1) is 0 Å². The van der Waals surface area contributed by atoms with Crippen molar-refractivity contribution in [3.05, 3.63) is 67.1 Å². The number of H-pyrrole nitrogens is 1. The highest BCUT2D eigenvalue weighted by molar-refractivity contribution is 9.10. The van der Waals surface area contributed by atoms with Crippen LogP contribution in [0.25, 0.3) is 11.0 Å². The van der Waals surface area contributed by atoms with E-state index in [2.05, 4.69) is 26.2 Å². The Hall–Kier alpha value is -2.87. The van der Waals surface area contributed by atoms with Crippen LogP contribution < -0.4 is 21.2 Å². The van der Waals surface area contributed by atoms with Gasteiger partial charge in [0.2, 0.25) is 5.91 Å². The number of aromatic amines is 1. The summed E-state index contributed by atoms with van der Waals surface area (Å²) in [6.45, 7) is 0. The maximum absolute atomic E-state index is 12.6. The van der Waals surface area contributed by atoms with Gasteiger partial charge < -0.3 is 15.0 Å². The quantitative estimate of drug-likeness (QED) is 0.606. The van der Waals surface area contributed by atoms with E-state index in [-0.39, 0.29) is 18.4 Å². The number of amides is 1. The molecule has 1 amide bonds. The van der Waals surface area contributed by atoms with Crippen molar-refractivity contribution in [2.45, 2.75) is 25.3 Å². The number of hydrogen-bond acceptors (Lipinski definition) is 4. The second-order valence-corrected chi connectivity index (χ2v) is 7.68. The molecule has 7 nitrogen and oxygen atoms in total. The van der Waals surface area contributed by atoms with Gasteiger partial charge in [0.15, 0.2) is 0 Å². The third kappa shape index (κ3) is 3.35. The number of rotatable bonds is 4. The summed E-state index contributed by atoms with van der Waals surface area (Å²) in [5.74, 6) is 0.488. The van der Waals surface area contributed by atoms with Gasteiger partial charge in [0, 0.05) is 22.6 Å². The first-order chi connectivity index (χ1) is 13.5. The minimum absolute atomic E-state index is 0.111. The first kappa shape index (κ1) is 18.5. The number of nitrogens with zero attached hydrogens (tertiary/aromatic N) is 1.